The van der Waals surface area contributed by atoms with Crippen LogP contribution in [0.1, 0.15) is 39.5 Å². The highest BCUT2D eigenvalue weighted by Crippen LogP contribution is 2.38. The second-order valence-corrected chi connectivity index (χ2v) is 9.76. The number of thiocarbonyl (C=S) groups is 2. The summed E-state index contributed by atoms with van der Waals surface area (Å²) < 4.78 is 17.2. The van der Waals surface area contributed by atoms with Gasteiger partial charge in [-0.3, -0.25) is 0 Å². The lowest BCUT2D eigenvalue weighted by molar-refractivity contribution is 0.0826. The minimum Gasteiger partial charge on any atom is -0.481 e. The third-order valence-electron chi connectivity index (χ3n) is 2.13. The van der Waals surface area contributed by atoms with Crippen LogP contribution in [0.15, 0.2) is 0 Å². The Bertz CT molecular complexity index is 275. The van der Waals surface area contributed by atoms with Gasteiger partial charge in [0.1, 0.15) is 10.9 Å². The lowest BCUT2D eigenvalue weighted by Crippen LogP contribution is -2.16. The molecule has 0 aromatic rings. The Kier molecular flexibility index (Phi) is 15.5. The van der Waals surface area contributed by atoms with Crippen molar-refractivity contribution in [2.75, 3.05) is 14.2 Å². The van der Waals surface area contributed by atoms with Gasteiger partial charge in [-0.1, -0.05) is 48.3 Å². The Labute approximate surface area is 154 Å². The van der Waals surface area contributed by atoms with Gasteiger partial charge in [-0.25, -0.2) is 0 Å². The van der Waals surface area contributed by atoms with Gasteiger partial charge >= 0.3 is 0 Å². The van der Waals surface area contributed by atoms with Gasteiger partial charge in [0.15, 0.2) is 0 Å². The van der Waals surface area contributed by atoms with E-state index in [2.05, 4.69) is 13.8 Å². The molecule has 0 saturated heterocycles. The monoisotopic (exact) mass is 406 g/mol. The van der Waals surface area contributed by atoms with Crippen LogP contribution in [0.4, 0.5) is 0 Å². The van der Waals surface area contributed by atoms with Crippen LogP contribution in [0.5, 0.6) is 0 Å². The Morgan fingerprint density at radius 3 is 1.52 bits per heavy atom. The topological polar surface area (TPSA) is 27.7 Å². The fourth-order valence-corrected chi connectivity index (χ4v) is 5.85. The normalized spacial score (nSPS) is 13.5. The first kappa shape index (κ1) is 22.1. The zero-order chi connectivity index (χ0) is 16.1. The molecule has 0 aromatic heterocycles. The predicted molar refractivity (Wildman–Crippen MR) is 108 cm³/mol. The molecular formula is C12H22O3S6. The van der Waals surface area contributed by atoms with E-state index in [1.54, 1.807) is 35.8 Å². The van der Waals surface area contributed by atoms with Gasteiger partial charge in [0.05, 0.1) is 14.2 Å². The third-order valence-corrected chi connectivity index (χ3v) is 8.29. The quantitative estimate of drug-likeness (QED) is 0.250. The van der Waals surface area contributed by atoms with Crippen molar-refractivity contribution in [2.24, 2.45) is 0 Å². The summed E-state index contributed by atoms with van der Waals surface area (Å²) in [6.45, 7) is 4.29. The van der Waals surface area contributed by atoms with E-state index in [1.165, 1.54) is 21.6 Å². The first-order valence-electron chi connectivity index (χ1n) is 6.55. The van der Waals surface area contributed by atoms with Gasteiger partial charge in [0.2, 0.25) is 8.77 Å². The van der Waals surface area contributed by atoms with Crippen molar-refractivity contribution in [1.82, 2.24) is 0 Å². The van der Waals surface area contributed by atoms with E-state index < -0.39 is 0 Å². The molecule has 0 amide bonds. The average molecular weight is 407 g/mol. The van der Waals surface area contributed by atoms with E-state index >= 15 is 0 Å². The average Bonchev–Trinajstić information content (AvgIpc) is 2.49. The van der Waals surface area contributed by atoms with Crippen molar-refractivity contribution in [3.05, 3.63) is 0 Å². The molecule has 0 spiro atoms. The van der Waals surface area contributed by atoms with Crippen LogP contribution >= 0.6 is 67.6 Å². The second kappa shape index (κ2) is 14.7. The van der Waals surface area contributed by atoms with Crippen LogP contribution in [-0.2, 0) is 14.2 Å². The molecule has 0 aliphatic rings. The summed E-state index contributed by atoms with van der Waals surface area (Å²) in [6.07, 6.45) is 4.07. The summed E-state index contributed by atoms with van der Waals surface area (Å²) in [4.78, 5) is 0. The van der Waals surface area contributed by atoms with Gasteiger partial charge in [-0.2, -0.15) is 0 Å². The maximum absolute atomic E-state index is 6.18. The molecule has 0 N–H and O–H groups in total. The summed E-state index contributed by atoms with van der Waals surface area (Å²) in [5.74, 6) is 0. The molecule has 0 aliphatic heterocycles. The predicted octanol–water partition coefficient (Wildman–Crippen LogP) is 5.88. The third kappa shape index (κ3) is 12.3. The molecule has 0 saturated carbocycles. The molecule has 0 bridgehead atoms. The van der Waals surface area contributed by atoms with Crippen LogP contribution < -0.4 is 0 Å². The van der Waals surface area contributed by atoms with Crippen molar-refractivity contribution >= 4 is 76.4 Å². The van der Waals surface area contributed by atoms with Crippen LogP contribution in [0, 0.1) is 0 Å². The zero-order valence-electron chi connectivity index (χ0n) is 12.7. The van der Waals surface area contributed by atoms with Crippen molar-refractivity contribution in [3.63, 3.8) is 0 Å². The molecule has 2 unspecified atom stereocenters. The second-order valence-electron chi connectivity index (χ2n) is 3.84. The highest BCUT2D eigenvalue weighted by molar-refractivity contribution is 8.84. The highest BCUT2D eigenvalue weighted by atomic mass is 33.1. The number of rotatable bonds is 10. The van der Waals surface area contributed by atoms with E-state index in [9.17, 15) is 0 Å². The maximum Gasteiger partial charge on any atom is 0.230 e. The lowest BCUT2D eigenvalue weighted by Gasteiger charge is -2.22. The van der Waals surface area contributed by atoms with Crippen LogP contribution in [0.25, 0.3) is 0 Å². The summed E-state index contributed by atoms with van der Waals surface area (Å²) in [5, 5.41) is 0. The molecule has 124 valence electrons. The van der Waals surface area contributed by atoms with Crippen molar-refractivity contribution in [3.8, 4) is 0 Å². The van der Waals surface area contributed by atoms with E-state index in [0.717, 1.165) is 25.7 Å². The number of ether oxygens (including phenoxy) is 3. The Morgan fingerprint density at radius 2 is 1.24 bits per heavy atom. The van der Waals surface area contributed by atoms with E-state index in [0.29, 0.717) is 8.77 Å². The smallest absolute Gasteiger partial charge is 0.230 e. The lowest BCUT2D eigenvalue weighted by atomic mass is 10.3. The van der Waals surface area contributed by atoms with Gasteiger partial charge in [-0.15, -0.1) is 0 Å². The SMILES string of the molecule is CCCC(OC(CCC)SSC(=S)OC)SSC(=S)OC. The molecule has 0 rings (SSSR count). The molecule has 3 nitrogen and oxygen atoms in total. The van der Waals surface area contributed by atoms with E-state index in [-0.39, 0.29) is 10.9 Å². The van der Waals surface area contributed by atoms with E-state index in [1.807, 2.05) is 0 Å². The molecule has 0 radical (unpaired) electrons. The fourth-order valence-electron chi connectivity index (χ4n) is 1.17. The Morgan fingerprint density at radius 1 is 0.857 bits per heavy atom. The van der Waals surface area contributed by atoms with E-state index in [4.69, 9.17) is 38.6 Å². The molecule has 21 heavy (non-hydrogen) atoms. The van der Waals surface area contributed by atoms with Crippen LogP contribution in [-0.4, -0.2) is 33.9 Å². The van der Waals surface area contributed by atoms with Gasteiger partial charge < -0.3 is 14.2 Å². The van der Waals surface area contributed by atoms with Crippen molar-refractivity contribution < 1.29 is 14.2 Å². The molecular weight excluding hydrogens is 385 g/mol. The largest absolute Gasteiger partial charge is 0.481 e. The molecule has 0 fully saturated rings. The zero-order valence-corrected chi connectivity index (χ0v) is 17.6. The molecule has 9 heteroatoms. The van der Waals surface area contributed by atoms with Gasteiger partial charge in [-0.05, 0) is 58.9 Å². The first-order chi connectivity index (χ1) is 10.1. The van der Waals surface area contributed by atoms with Crippen LogP contribution in [0.3, 0.4) is 0 Å². The minimum atomic E-state index is 0.0915. The first-order valence-corrected chi connectivity index (χ1v) is 11.8. The molecule has 0 aliphatic carbocycles. The summed E-state index contributed by atoms with van der Waals surface area (Å²) in [7, 11) is 9.30. The molecule has 2 atom stereocenters. The summed E-state index contributed by atoms with van der Waals surface area (Å²) >= 11 is 10.1. The standard InChI is InChI=1S/C12H22O3S6/c1-5-7-9(18-20-11(16)13-3)15-10(8-6-2)19-21-12(17)14-4/h9-10H,5-8H2,1-4H3. The van der Waals surface area contributed by atoms with Crippen molar-refractivity contribution in [2.45, 2.75) is 50.4 Å². The molecule has 0 aromatic carbocycles. The van der Waals surface area contributed by atoms with Crippen LogP contribution in [0.2, 0.25) is 0 Å². The maximum atomic E-state index is 6.18. The summed E-state index contributed by atoms with van der Waals surface area (Å²) in [6, 6.07) is 0. The Balaban J connectivity index is 4.35. The van der Waals surface area contributed by atoms with Crippen molar-refractivity contribution in [1.29, 1.82) is 0 Å². The summed E-state index contributed by atoms with van der Waals surface area (Å²) in [5.41, 5.74) is 0.183. The number of hydrogen-bond acceptors (Lipinski definition) is 9. The minimum absolute atomic E-state index is 0.0915. The number of hydrogen-bond donors (Lipinski definition) is 0. The number of methoxy groups -OCH3 is 2. The van der Waals surface area contributed by atoms with Gasteiger partial charge in [0, 0.05) is 0 Å². The Hall–Kier alpha value is 1.14. The van der Waals surface area contributed by atoms with Gasteiger partial charge in [0.25, 0.3) is 0 Å². The fraction of sp³-hybridized carbons (Fsp3) is 0.833. The highest BCUT2D eigenvalue weighted by Gasteiger charge is 2.19. The molecule has 0 heterocycles.